The molecular weight excluding hydrogens is 175 g/mol. The van der Waals surface area contributed by atoms with E-state index >= 15 is 0 Å². The smallest absolute Gasteiger partial charge is 0.335 e. The van der Waals surface area contributed by atoms with Gasteiger partial charge in [-0.15, -0.1) is 0 Å². The van der Waals surface area contributed by atoms with E-state index in [2.05, 4.69) is 0 Å². The molecule has 1 heterocycles. The third-order valence-electron chi connectivity index (χ3n) is 1.95. The lowest BCUT2D eigenvalue weighted by Crippen LogP contribution is -2.05. The first-order valence-electron chi connectivity index (χ1n) is 3.83. The van der Waals surface area contributed by atoms with Crippen LogP contribution in [0.1, 0.15) is 11.7 Å². The van der Waals surface area contributed by atoms with Crippen LogP contribution < -0.4 is 0 Å². The Kier molecular flexibility index (Phi) is 1.77. The highest BCUT2D eigenvalue weighted by Gasteiger charge is 2.47. The molecule has 0 radical (unpaired) electrons. The standard InChI is InChI=1S/C9H7FO3/c10-6-4-2-1-3-5(6)7-8(13-7)9(11)12/h1-4,7-8H,(H,11,12)/t7-,8+/m1/s1. The van der Waals surface area contributed by atoms with Crippen molar-refractivity contribution in [3.05, 3.63) is 35.6 Å². The third-order valence-corrected chi connectivity index (χ3v) is 1.95. The zero-order chi connectivity index (χ0) is 9.42. The van der Waals surface area contributed by atoms with Crippen molar-refractivity contribution in [2.24, 2.45) is 0 Å². The minimum Gasteiger partial charge on any atom is -0.479 e. The Morgan fingerprint density at radius 3 is 2.69 bits per heavy atom. The molecule has 1 aromatic carbocycles. The average molecular weight is 182 g/mol. The van der Waals surface area contributed by atoms with Gasteiger partial charge in [-0.25, -0.2) is 9.18 Å². The van der Waals surface area contributed by atoms with Gasteiger partial charge >= 0.3 is 5.97 Å². The monoisotopic (exact) mass is 182 g/mol. The zero-order valence-electron chi connectivity index (χ0n) is 6.61. The Hall–Kier alpha value is -1.42. The van der Waals surface area contributed by atoms with E-state index in [0.29, 0.717) is 5.56 Å². The van der Waals surface area contributed by atoms with E-state index in [4.69, 9.17) is 9.84 Å². The van der Waals surface area contributed by atoms with Crippen molar-refractivity contribution in [3.8, 4) is 0 Å². The van der Waals surface area contributed by atoms with Gasteiger partial charge in [-0.3, -0.25) is 0 Å². The van der Waals surface area contributed by atoms with Crippen LogP contribution in [-0.4, -0.2) is 17.2 Å². The lowest BCUT2D eigenvalue weighted by atomic mass is 10.1. The topological polar surface area (TPSA) is 49.8 Å². The molecule has 2 atom stereocenters. The first-order chi connectivity index (χ1) is 6.20. The highest BCUT2D eigenvalue weighted by Crippen LogP contribution is 2.39. The van der Waals surface area contributed by atoms with Crippen molar-refractivity contribution in [1.29, 1.82) is 0 Å². The number of carboxylic acid groups (broad SMARTS) is 1. The number of carbonyl (C=O) groups is 1. The first-order valence-corrected chi connectivity index (χ1v) is 3.83. The van der Waals surface area contributed by atoms with Crippen molar-refractivity contribution < 1.29 is 19.0 Å². The minimum atomic E-state index is -1.05. The largest absolute Gasteiger partial charge is 0.479 e. The van der Waals surface area contributed by atoms with Gasteiger partial charge in [-0.05, 0) is 6.07 Å². The maximum Gasteiger partial charge on any atom is 0.335 e. The molecule has 1 fully saturated rings. The van der Waals surface area contributed by atoms with Crippen molar-refractivity contribution >= 4 is 5.97 Å². The van der Waals surface area contributed by atoms with Gasteiger partial charge in [0.15, 0.2) is 6.10 Å². The number of hydrogen-bond donors (Lipinski definition) is 1. The second kappa shape index (κ2) is 2.81. The van der Waals surface area contributed by atoms with Gasteiger partial charge in [-0.1, -0.05) is 18.2 Å². The Morgan fingerprint density at radius 2 is 2.15 bits per heavy atom. The van der Waals surface area contributed by atoms with E-state index in [-0.39, 0.29) is 0 Å². The lowest BCUT2D eigenvalue weighted by molar-refractivity contribution is -0.138. The number of halogens is 1. The summed E-state index contributed by atoms with van der Waals surface area (Å²) in [5.41, 5.74) is 0.315. The molecule has 1 aliphatic rings. The van der Waals surface area contributed by atoms with E-state index in [1.807, 2.05) is 0 Å². The Morgan fingerprint density at radius 1 is 1.46 bits per heavy atom. The number of rotatable bonds is 2. The molecule has 2 rings (SSSR count). The lowest BCUT2D eigenvalue weighted by Gasteiger charge is -1.95. The molecule has 0 aromatic heterocycles. The predicted molar refractivity (Wildman–Crippen MR) is 41.6 cm³/mol. The van der Waals surface area contributed by atoms with Crippen LogP contribution in [0, 0.1) is 5.82 Å². The van der Waals surface area contributed by atoms with Gasteiger partial charge < -0.3 is 9.84 Å². The van der Waals surface area contributed by atoms with Gasteiger partial charge in [0.2, 0.25) is 0 Å². The molecule has 0 saturated carbocycles. The minimum absolute atomic E-state index is 0.315. The highest BCUT2D eigenvalue weighted by molar-refractivity contribution is 5.76. The normalized spacial score (nSPS) is 25.6. The fourth-order valence-corrected chi connectivity index (χ4v) is 1.24. The van der Waals surface area contributed by atoms with Crippen molar-refractivity contribution in [1.82, 2.24) is 0 Å². The van der Waals surface area contributed by atoms with Crippen LogP contribution >= 0.6 is 0 Å². The summed E-state index contributed by atoms with van der Waals surface area (Å²) in [5, 5.41) is 8.53. The van der Waals surface area contributed by atoms with Crippen molar-refractivity contribution in [2.45, 2.75) is 12.2 Å². The van der Waals surface area contributed by atoms with E-state index in [9.17, 15) is 9.18 Å². The fraction of sp³-hybridized carbons (Fsp3) is 0.222. The third kappa shape index (κ3) is 1.40. The van der Waals surface area contributed by atoms with E-state index in [1.165, 1.54) is 12.1 Å². The maximum atomic E-state index is 13.0. The average Bonchev–Trinajstić information content (AvgIpc) is 2.84. The van der Waals surface area contributed by atoms with Gasteiger partial charge in [0.1, 0.15) is 11.9 Å². The molecule has 1 aliphatic heterocycles. The maximum absolute atomic E-state index is 13.0. The highest BCUT2D eigenvalue weighted by atomic mass is 19.1. The fourth-order valence-electron chi connectivity index (χ4n) is 1.24. The summed E-state index contributed by atoms with van der Waals surface area (Å²) in [4.78, 5) is 10.4. The number of hydrogen-bond acceptors (Lipinski definition) is 2. The molecule has 0 bridgehead atoms. The second-order valence-corrected chi connectivity index (χ2v) is 2.84. The summed E-state index contributed by atoms with van der Waals surface area (Å²) < 4.78 is 17.8. The van der Waals surface area contributed by atoms with E-state index in [1.54, 1.807) is 12.1 Å². The molecule has 4 heteroatoms. The van der Waals surface area contributed by atoms with Crippen LogP contribution in [0.3, 0.4) is 0 Å². The Bertz CT molecular complexity index is 350. The van der Waals surface area contributed by atoms with E-state index in [0.717, 1.165) is 0 Å². The molecule has 0 amide bonds. The SMILES string of the molecule is O=C(O)[C@H]1O[C@@H]1c1ccccc1F. The molecule has 3 nitrogen and oxygen atoms in total. The predicted octanol–water partition coefficient (Wildman–Crippen LogP) is 1.35. The van der Waals surface area contributed by atoms with Gasteiger partial charge in [-0.2, -0.15) is 0 Å². The summed E-state index contributed by atoms with van der Waals surface area (Å²) in [7, 11) is 0. The summed E-state index contributed by atoms with van der Waals surface area (Å²) >= 11 is 0. The van der Waals surface area contributed by atoms with E-state index < -0.39 is 24.0 Å². The van der Waals surface area contributed by atoms with Crippen LogP contribution in [0.5, 0.6) is 0 Å². The van der Waals surface area contributed by atoms with Gasteiger partial charge in [0, 0.05) is 5.56 Å². The summed E-state index contributed by atoms with van der Waals surface area (Å²) in [6.07, 6.45) is -1.49. The molecule has 0 aliphatic carbocycles. The number of carboxylic acids is 1. The number of epoxide rings is 1. The van der Waals surface area contributed by atoms with Crippen LogP contribution in [0.25, 0.3) is 0 Å². The number of ether oxygens (including phenoxy) is 1. The molecule has 0 spiro atoms. The summed E-state index contributed by atoms with van der Waals surface area (Å²) in [5.74, 6) is -1.47. The molecule has 68 valence electrons. The van der Waals surface area contributed by atoms with Crippen molar-refractivity contribution in [2.75, 3.05) is 0 Å². The molecule has 1 saturated heterocycles. The second-order valence-electron chi connectivity index (χ2n) is 2.84. The molecule has 0 unspecified atom stereocenters. The van der Waals surface area contributed by atoms with Crippen molar-refractivity contribution in [3.63, 3.8) is 0 Å². The quantitative estimate of drug-likeness (QED) is 0.702. The van der Waals surface area contributed by atoms with Gasteiger partial charge in [0.05, 0.1) is 0 Å². The van der Waals surface area contributed by atoms with Crippen LogP contribution in [0.15, 0.2) is 24.3 Å². The van der Waals surface area contributed by atoms with Crippen LogP contribution in [0.2, 0.25) is 0 Å². The summed E-state index contributed by atoms with van der Waals surface area (Å²) in [6, 6.07) is 6.02. The molecule has 13 heavy (non-hydrogen) atoms. The number of aliphatic carboxylic acids is 1. The van der Waals surface area contributed by atoms with Gasteiger partial charge in [0.25, 0.3) is 0 Å². The number of benzene rings is 1. The summed E-state index contributed by atoms with van der Waals surface area (Å²) in [6.45, 7) is 0. The molecular formula is C9H7FO3. The molecule has 1 N–H and O–H groups in total. The Balaban J connectivity index is 2.21. The zero-order valence-corrected chi connectivity index (χ0v) is 6.61. The Labute approximate surface area is 73.8 Å². The van der Waals surface area contributed by atoms with Crippen LogP contribution in [0.4, 0.5) is 4.39 Å². The first kappa shape index (κ1) is 8.19. The molecule has 1 aromatic rings. The van der Waals surface area contributed by atoms with Crippen LogP contribution in [-0.2, 0) is 9.53 Å².